The van der Waals surface area contributed by atoms with E-state index in [0.29, 0.717) is 0 Å². The molecule has 0 radical (unpaired) electrons. The number of carbonyl (C=O) groups is 1. The number of carbonyl (C=O) groups excluding carboxylic acids is 1. The van der Waals surface area contributed by atoms with Gasteiger partial charge in [0.1, 0.15) is 5.60 Å². The average Bonchev–Trinajstić information content (AvgIpc) is 2.58. The van der Waals surface area contributed by atoms with E-state index in [9.17, 15) is 4.79 Å². The fourth-order valence-electron chi connectivity index (χ4n) is 2.89. The number of hydrogen-bond acceptors (Lipinski definition) is 2. The van der Waals surface area contributed by atoms with Gasteiger partial charge in [-0.25, -0.2) is 0 Å². The van der Waals surface area contributed by atoms with Crippen LogP contribution in [0, 0.1) is 5.41 Å². The molecule has 0 aliphatic carbocycles. The summed E-state index contributed by atoms with van der Waals surface area (Å²) in [6.45, 7) is 9.78. The average molecular weight is 334 g/mol. The zero-order valence-electron chi connectivity index (χ0n) is 15.7. The molecule has 0 unspecified atom stereocenters. The fourth-order valence-corrected chi connectivity index (χ4v) is 2.89. The van der Waals surface area contributed by atoms with Crippen molar-refractivity contribution in [2.24, 2.45) is 5.41 Å². The molecular weight excluding hydrogens is 308 g/mol. The molecule has 0 aromatic heterocycles. The zero-order valence-corrected chi connectivity index (χ0v) is 15.7. The molecule has 3 rings (SSSR count). The monoisotopic (exact) mass is 334 g/mol. The summed E-state index contributed by atoms with van der Waals surface area (Å²) in [5, 5.41) is 4.81. The van der Waals surface area contributed by atoms with E-state index in [2.05, 4.69) is 54.6 Å². The van der Waals surface area contributed by atoms with Crippen molar-refractivity contribution in [1.29, 1.82) is 0 Å². The minimum absolute atomic E-state index is 0.154. The number of hydrogen-bond donors (Lipinski definition) is 0. The first kappa shape index (κ1) is 17.5. The van der Waals surface area contributed by atoms with Gasteiger partial charge in [-0.2, -0.15) is 0 Å². The predicted molar refractivity (Wildman–Crippen MR) is 105 cm³/mol. The van der Waals surface area contributed by atoms with E-state index in [4.69, 9.17) is 4.74 Å². The third-order valence-electron chi connectivity index (χ3n) is 5.18. The second-order valence-electron chi connectivity index (χ2n) is 7.90. The largest absolute Gasteiger partial charge is 0.454 e. The quantitative estimate of drug-likeness (QED) is 0.419. The highest BCUT2D eigenvalue weighted by molar-refractivity contribution is 5.98. The van der Waals surface area contributed by atoms with Gasteiger partial charge in [-0.05, 0) is 79.4 Å². The summed E-state index contributed by atoms with van der Waals surface area (Å²) in [5.74, 6) is -0.154. The maximum Gasteiger partial charge on any atom is 0.312 e. The second kappa shape index (κ2) is 6.18. The maximum atomic E-state index is 12.5. The van der Waals surface area contributed by atoms with E-state index in [1.165, 1.54) is 16.2 Å². The molecule has 0 heterocycles. The molecule has 0 spiro atoms. The van der Waals surface area contributed by atoms with Crippen LogP contribution in [0.3, 0.4) is 0 Å². The van der Waals surface area contributed by atoms with Gasteiger partial charge in [0.25, 0.3) is 0 Å². The molecule has 2 heteroatoms. The molecule has 130 valence electrons. The lowest BCUT2D eigenvalue weighted by atomic mass is 9.89. The summed E-state index contributed by atoms with van der Waals surface area (Å²) in [5.41, 5.74) is -0.122. The van der Waals surface area contributed by atoms with Crippen molar-refractivity contribution in [3.63, 3.8) is 0 Å². The Hall–Kier alpha value is -2.35. The van der Waals surface area contributed by atoms with E-state index in [-0.39, 0.29) is 5.97 Å². The fraction of sp³-hybridized carbons (Fsp3) is 0.348. The van der Waals surface area contributed by atoms with Crippen LogP contribution < -0.4 is 0 Å². The molecule has 0 N–H and O–H groups in total. The van der Waals surface area contributed by atoms with Crippen molar-refractivity contribution >= 4 is 27.5 Å². The molecule has 0 aliphatic heterocycles. The van der Waals surface area contributed by atoms with Crippen LogP contribution in [-0.2, 0) is 15.1 Å². The topological polar surface area (TPSA) is 26.3 Å². The van der Waals surface area contributed by atoms with Gasteiger partial charge in [-0.1, -0.05) is 43.3 Å². The Morgan fingerprint density at radius 1 is 0.840 bits per heavy atom. The van der Waals surface area contributed by atoms with Crippen LogP contribution in [0.25, 0.3) is 21.5 Å². The van der Waals surface area contributed by atoms with Crippen molar-refractivity contribution < 1.29 is 9.53 Å². The third-order valence-corrected chi connectivity index (χ3v) is 5.18. The van der Waals surface area contributed by atoms with Gasteiger partial charge >= 0.3 is 5.97 Å². The lowest BCUT2D eigenvalue weighted by molar-refractivity contribution is -0.168. The van der Waals surface area contributed by atoms with Gasteiger partial charge in [0.2, 0.25) is 0 Å². The molecule has 3 aromatic rings. The highest BCUT2D eigenvalue weighted by Gasteiger charge is 2.33. The highest BCUT2D eigenvalue weighted by atomic mass is 16.6. The van der Waals surface area contributed by atoms with Gasteiger partial charge in [-0.3, -0.25) is 4.79 Å². The van der Waals surface area contributed by atoms with Crippen LogP contribution in [0.5, 0.6) is 0 Å². The summed E-state index contributed by atoms with van der Waals surface area (Å²) >= 11 is 0. The van der Waals surface area contributed by atoms with Crippen LogP contribution in [0.4, 0.5) is 0 Å². The Balaban J connectivity index is 1.99. The smallest absolute Gasteiger partial charge is 0.312 e. The summed E-state index contributed by atoms with van der Waals surface area (Å²) in [6.07, 6.45) is 0.756. The van der Waals surface area contributed by atoms with E-state index < -0.39 is 11.0 Å². The molecule has 0 saturated heterocycles. The van der Waals surface area contributed by atoms with Gasteiger partial charge in [0.05, 0.1) is 5.41 Å². The Bertz CT molecular complexity index is 935. The van der Waals surface area contributed by atoms with Gasteiger partial charge in [0, 0.05) is 0 Å². The lowest BCUT2D eigenvalue weighted by Crippen LogP contribution is -2.33. The van der Waals surface area contributed by atoms with Crippen LogP contribution in [-0.4, -0.2) is 5.97 Å². The van der Waals surface area contributed by atoms with Gasteiger partial charge < -0.3 is 4.74 Å². The Morgan fingerprint density at radius 3 is 2.00 bits per heavy atom. The van der Waals surface area contributed by atoms with Crippen LogP contribution in [0.15, 0.2) is 54.6 Å². The molecule has 0 atom stereocenters. The van der Waals surface area contributed by atoms with Gasteiger partial charge in [-0.15, -0.1) is 0 Å². The number of rotatable bonds is 4. The molecule has 0 fully saturated rings. The molecule has 0 saturated carbocycles. The van der Waals surface area contributed by atoms with Crippen molar-refractivity contribution in [1.82, 2.24) is 0 Å². The minimum Gasteiger partial charge on any atom is -0.454 e. The first-order valence-electron chi connectivity index (χ1n) is 8.89. The van der Waals surface area contributed by atoms with Crippen LogP contribution >= 0.6 is 0 Å². The Morgan fingerprint density at radius 2 is 1.40 bits per heavy atom. The molecule has 2 nitrogen and oxygen atoms in total. The van der Waals surface area contributed by atoms with Gasteiger partial charge in [0.15, 0.2) is 0 Å². The van der Waals surface area contributed by atoms with E-state index in [1.54, 1.807) is 0 Å². The number of esters is 1. The van der Waals surface area contributed by atoms with Crippen molar-refractivity contribution in [3.05, 3.63) is 60.2 Å². The minimum atomic E-state index is -0.663. The molecule has 3 aromatic carbocycles. The lowest BCUT2D eigenvalue weighted by Gasteiger charge is -2.31. The SMILES string of the molecule is CCC(C)(C)C(=O)OC(C)(C)c1ccc2cc3ccccc3cc2c1. The van der Waals surface area contributed by atoms with Crippen molar-refractivity contribution in [3.8, 4) is 0 Å². The summed E-state index contributed by atoms with van der Waals surface area (Å²) in [7, 11) is 0. The molecule has 25 heavy (non-hydrogen) atoms. The summed E-state index contributed by atoms with van der Waals surface area (Å²) < 4.78 is 5.88. The summed E-state index contributed by atoms with van der Waals surface area (Å²) in [4.78, 5) is 12.5. The van der Waals surface area contributed by atoms with Crippen LogP contribution in [0.1, 0.15) is 46.6 Å². The number of fused-ring (bicyclic) bond motifs is 2. The second-order valence-corrected chi connectivity index (χ2v) is 7.90. The predicted octanol–water partition coefficient (Wildman–Crippen LogP) is 6.21. The first-order valence-corrected chi connectivity index (χ1v) is 8.89. The Labute approximate surface area is 149 Å². The van der Waals surface area contributed by atoms with Crippen LogP contribution in [0.2, 0.25) is 0 Å². The maximum absolute atomic E-state index is 12.5. The third kappa shape index (κ3) is 3.39. The summed E-state index contributed by atoms with van der Waals surface area (Å²) in [6, 6.07) is 19.1. The molecule has 0 aliphatic rings. The van der Waals surface area contributed by atoms with E-state index >= 15 is 0 Å². The molecular formula is C23H26O2. The first-order chi connectivity index (χ1) is 11.7. The molecule has 0 bridgehead atoms. The van der Waals surface area contributed by atoms with Crippen molar-refractivity contribution in [2.75, 3.05) is 0 Å². The normalized spacial score (nSPS) is 12.5. The van der Waals surface area contributed by atoms with E-state index in [1.807, 2.05) is 34.6 Å². The standard InChI is InChI=1S/C23H26O2/c1-6-22(2,3)21(24)25-23(4,5)20-12-11-18-13-16-9-7-8-10-17(16)14-19(18)15-20/h7-15H,6H2,1-5H3. The van der Waals surface area contributed by atoms with Crippen molar-refractivity contribution in [2.45, 2.75) is 46.6 Å². The van der Waals surface area contributed by atoms with E-state index in [0.717, 1.165) is 17.4 Å². The number of benzene rings is 3. The Kier molecular flexibility index (Phi) is 4.32. The molecule has 0 amide bonds. The zero-order chi connectivity index (χ0) is 18.2. The number of ether oxygens (including phenoxy) is 1. The highest BCUT2D eigenvalue weighted by Crippen LogP contribution is 2.33.